The molecule has 3 heteroatoms. The molecule has 1 aromatic heterocycles. The first kappa shape index (κ1) is 9.52. The Bertz CT molecular complexity index is 474. The van der Waals surface area contributed by atoms with Gasteiger partial charge in [-0.25, -0.2) is 4.98 Å². The molecule has 0 amide bonds. The van der Waals surface area contributed by atoms with Crippen LogP contribution in [0.4, 0.5) is 5.82 Å². The number of phenolic OH excluding ortho intramolecular Hbond substituents is 1. The van der Waals surface area contributed by atoms with Crippen LogP contribution in [-0.2, 0) is 0 Å². The van der Waals surface area contributed by atoms with Crippen LogP contribution in [-0.4, -0.2) is 10.1 Å². The third-order valence-corrected chi connectivity index (χ3v) is 2.28. The van der Waals surface area contributed by atoms with E-state index < -0.39 is 0 Å². The number of anilines is 1. The van der Waals surface area contributed by atoms with Crippen LogP contribution in [0.15, 0.2) is 36.4 Å². The molecule has 0 aliphatic carbocycles. The summed E-state index contributed by atoms with van der Waals surface area (Å²) in [6.07, 6.45) is 0. The van der Waals surface area contributed by atoms with Gasteiger partial charge in [-0.15, -0.1) is 0 Å². The molecule has 0 fully saturated rings. The Balaban J connectivity index is 2.63. The smallest absolute Gasteiger partial charge is 0.125 e. The molecule has 3 N–H and O–H groups in total. The summed E-state index contributed by atoms with van der Waals surface area (Å²) in [5, 5.41) is 9.75. The van der Waals surface area contributed by atoms with E-state index in [-0.39, 0.29) is 5.75 Å². The lowest BCUT2D eigenvalue weighted by atomic mass is 10.0. The van der Waals surface area contributed by atoms with Crippen LogP contribution in [0.2, 0.25) is 0 Å². The highest BCUT2D eigenvalue weighted by Gasteiger charge is 2.08. The lowest BCUT2D eigenvalue weighted by Gasteiger charge is -2.07. The largest absolute Gasteiger partial charge is 0.507 e. The predicted octanol–water partition coefficient (Wildman–Crippen LogP) is 2.34. The number of pyridine rings is 1. The molecule has 0 saturated carbocycles. The number of rotatable bonds is 1. The van der Waals surface area contributed by atoms with Crippen molar-refractivity contribution >= 4 is 5.82 Å². The van der Waals surface area contributed by atoms with Gasteiger partial charge in [-0.2, -0.15) is 0 Å². The van der Waals surface area contributed by atoms with Crippen molar-refractivity contribution in [2.24, 2.45) is 0 Å². The molecule has 0 unspecified atom stereocenters. The van der Waals surface area contributed by atoms with Gasteiger partial charge in [0.15, 0.2) is 0 Å². The van der Waals surface area contributed by atoms with Gasteiger partial charge in [-0.3, -0.25) is 0 Å². The number of nitrogens with two attached hydrogens (primary N) is 1. The van der Waals surface area contributed by atoms with Crippen molar-refractivity contribution in [1.29, 1.82) is 0 Å². The molecule has 15 heavy (non-hydrogen) atoms. The standard InChI is InChI=1S/C12H12N2O/c1-8-4-2-6-10(15)12(8)9-5-3-7-11(13)14-9/h2-7,15H,1H3,(H2,13,14). The molecular formula is C12H12N2O. The molecule has 0 aliphatic heterocycles. The van der Waals surface area contributed by atoms with Gasteiger partial charge in [0.05, 0.1) is 5.69 Å². The SMILES string of the molecule is Cc1cccc(O)c1-c1cccc(N)n1. The molecule has 0 radical (unpaired) electrons. The van der Waals surface area contributed by atoms with Crippen molar-refractivity contribution in [2.45, 2.75) is 6.92 Å². The van der Waals surface area contributed by atoms with Crippen LogP contribution in [0.1, 0.15) is 5.56 Å². The number of aromatic nitrogens is 1. The van der Waals surface area contributed by atoms with Gasteiger partial charge in [-0.05, 0) is 30.7 Å². The molecule has 76 valence electrons. The number of hydrogen-bond donors (Lipinski definition) is 2. The minimum Gasteiger partial charge on any atom is -0.507 e. The summed E-state index contributed by atoms with van der Waals surface area (Å²) in [5.74, 6) is 0.684. The molecule has 2 rings (SSSR count). The Hall–Kier alpha value is -2.03. The van der Waals surface area contributed by atoms with Gasteiger partial charge in [0.2, 0.25) is 0 Å². The second-order valence-electron chi connectivity index (χ2n) is 3.42. The van der Waals surface area contributed by atoms with Crippen LogP contribution in [0.5, 0.6) is 5.75 Å². The van der Waals surface area contributed by atoms with Crippen LogP contribution in [0, 0.1) is 6.92 Å². The Labute approximate surface area is 88.2 Å². The number of benzene rings is 1. The van der Waals surface area contributed by atoms with Crippen LogP contribution in [0.25, 0.3) is 11.3 Å². The Morgan fingerprint density at radius 3 is 2.53 bits per heavy atom. The molecule has 0 bridgehead atoms. The predicted molar refractivity (Wildman–Crippen MR) is 60.5 cm³/mol. The van der Waals surface area contributed by atoms with Crippen LogP contribution in [0.3, 0.4) is 0 Å². The highest BCUT2D eigenvalue weighted by Crippen LogP contribution is 2.30. The monoisotopic (exact) mass is 200 g/mol. The zero-order valence-corrected chi connectivity index (χ0v) is 8.44. The fourth-order valence-electron chi connectivity index (χ4n) is 1.58. The van der Waals surface area contributed by atoms with Gasteiger partial charge in [0.25, 0.3) is 0 Å². The zero-order chi connectivity index (χ0) is 10.8. The number of aromatic hydroxyl groups is 1. The minimum atomic E-state index is 0.230. The molecule has 3 nitrogen and oxygen atoms in total. The molecular weight excluding hydrogens is 188 g/mol. The first-order chi connectivity index (χ1) is 7.18. The first-order valence-corrected chi connectivity index (χ1v) is 4.70. The fourth-order valence-corrected chi connectivity index (χ4v) is 1.58. The van der Waals surface area contributed by atoms with E-state index in [1.54, 1.807) is 18.2 Å². The maximum Gasteiger partial charge on any atom is 0.125 e. The highest BCUT2D eigenvalue weighted by molar-refractivity contribution is 5.71. The summed E-state index contributed by atoms with van der Waals surface area (Å²) >= 11 is 0. The van der Waals surface area contributed by atoms with Gasteiger partial charge in [-0.1, -0.05) is 18.2 Å². The van der Waals surface area contributed by atoms with Crippen molar-refractivity contribution in [2.75, 3.05) is 5.73 Å². The minimum absolute atomic E-state index is 0.230. The summed E-state index contributed by atoms with van der Waals surface area (Å²) < 4.78 is 0. The third kappa shape index (κ3) is 1.76. The summed E-state index contributed by atoms with van der Waals surface area (Å²) in [5.41, 5.74) is 8.02. The van der Waals surface area contributed by atoms with E-state index in [2.05, 4.69) is 4.98 Å². The molecule has 0 spiro atoms. The lowest BCUT2D eigenvalue weighted by molar-refractivity contribution is 0.477. The van der Waals surface area contributed by atoms with E-state index in [0.29, 0.717) is 11.5 Å². The maximum absolute atomic E-state index is 9.75. The average Bonchev–Trinajstić information content (AvgIpc) is 2.17. The third-order valence-electron chi connectivity index (χ3n) is 2.28. The van der Waals surface area contributed by atoms with Crippen LogP contribution >= 0.6 is 0 Å². The summed E-state index contributed by atoms with van der Waals surface area (Å²) in [7, 11) is 0. The normalized spacial score (nSPS) is 10.2. The summed E-state index contributed by atoms with van der Waals surface area (Å²) in [6.45, 7) is 1.93. The Morgan fingerprint density at radius 1 is 1.13 bits per heavy atom. The highest BCUT2D eigenvalue weighted by atomic mass is 16.3. The van der Waals surface area contributed by atoms with E-state index in [1.807, 2.05) is 25.1 Å². The fraction of sp³-hybridized carbons (Fsp3) is 0.0833. The van der Waals surface area contributed by atoms with E-state index in [4.69, 9.17) is 5.73 Å². The summed E-state index contributed by atoms with van der Waals surface area (Å²) in [4.78, 5) is 4.18. The van der Waals surface area contributed by atoms with Crippen molar-refractivity contribution in [3.8, 4) is 17.0 Å². The van der Waals surface area contributed by atoms with Gasteiger partial charge < -0.3 is 10.8 Å². The first-order valence-electron chi connectivity index (χ1n) is 4.70. The van der Waals surface area contributed by atoms with E-state index >= 15 is 0 Å². The van der Waals surface area contributed by atoms with Crippen molar-refractivity contribution < 1.29 is 5.11 Å². The molecule has 0 saturated heterocycles. The number of hydrogen-bond acceptors (Lipinski definition) is 3. The number of phenols is 1. The molecule has 0 atom stereocenters. The van der Waals surface area contributed by atoms with Gasteiger partial charge >= 0.3 is 0 Å². The number of nitrogen functional groups attached to an aromatic ring is 1. The van der Waals surface area contributed by atoms with Crippen molar-refractivity contribution in [3.63, 3.8) is 0 Å². The van der Waals surface area contributed by atoms with Gasteiger partial charge in [0, 0.05) is 5.56 Å². The van der Waals surface area contributed by atoms with E-state index in [0.717, 1.165) is 11.1 Å². The number of aryl methyl sites for hydroxylation is 1. The second kappa shape index (κ2) is 3.61. The quantitative estimate of drug-likeness (QED) is 0.742. The molecule has 2 aromatic rings. The Kier molecular flexibility index (Phi) is 2.29. The molecule has 0 aliphatic rings. The molecule has 1 aromatic carbocycles. The number of nitrogens with zero attached hydrogens (tertiary/aromatic N) is 1. The van der Waals surface area contributed by atoms with Crippen LogP contribution < -0.4 is 5.73 Å². The van der Waals surface area contributed by atoms with Gasteiger partial charge in [0.1, 0.15) is 11.6 Å². The lowest BCUT2D eigenvalue weighted by Crippen LogP contribution is -1.93. The van der Waals surface area contributed by atoms with E-state index in [9.17, 15) is 5.11 Å². The maximum atomic E-state index is 9.75. The molecule has 1 heterocycles. The Morgan fingerprint density at radius 2 is 1.87 bits per heavy atom. The van der Waals surface area contributed by atoms with Crippen molar-refractivity contribution in [3.05, 3.63) is 42.0 Å². The second-order valence-corrected chi connectivity index (χ2v) is 3.42. The topological polar surface area (TPSA) is 59.1 Å². The zero-order valence-electron chi connectivity index (χ0n) is 8.44. The van der Waals surface area contributed by atoms with E-state index in [1.165, 1.54) is 0 Å². The average molecular weight is 200 g/mol. The summed E-state index contributed by atoms with van der Waals surface area (Å²) in [6, 6.07) is 10.8. The van der Waals surface area contributed by atoms with Crippen molar-refractivity contribution in [1.82, 2.24) is 4.98 Å².